The van der Waals surface area contributed by atoms with Crippen LogP contribution in [0.25, 0.3) is 0 Å². The predicted octanol–water partition coefficient (Wildman–Crippen LogP) is 1.74. The molecule has 0 bridgehead atoms. The second kappa shape index (κ2) is 28.0. The Hall–Kier alpha value is 0.170. The van der Waals surface area contributed by atoms with Crippen LogP contribution in [-0.4, -0.2) is 12.5 Å². The van der Waals surface area contributed by atoms with Crippen molar-refractivity contribution in [2.75, 3.05) is 6.54 Å². The van der Waals surface area contributed by atoms with Crippen molar-refractivity contribution in [3.05, 3.63) is 12.2 Å². The van der Waals surface area contributed by atoms with Gasteiger partial charge in [-0.3, -0.25) is 0 Å². The normalized spacial score (nSPS) is 10.1. The van der Waals surface area contributed by atoms with Crippen LogP contribution in [0, 0.1) is 0 Å². The van der Waals surface area contributed by atoms with Gasteiger partial charge in [0.2, 0.25) is 0 Å². The molecule has 0 spiro atoms. The average Bonchev–Trinajstić information content (AvgIpc) is 2.50. The van der Waals surface area contributed by atoms with Gasteiger partial charge in [0.05, 0.1) is 0 Å². The van der Waals surface area contributed by atoms with Gasteiger partial charge >= 0.3 is 29.6 Å². The van der Waals surface area contributed by atoms with Gasteiger partial charge in [0.15, 0.2) is 0 Å². The smallest absolute Gasteiger partial charge is 0.550 e. The van der Waals surface area contributed by atoms with Gasteiger partial charge in [0.25, 0.3) is 0 Å². The van der Waals surface area contributed by atoms with Crippen LogP contribution in [0.15, 0.2) is 12.2 Å². The summed E-state index contributed by atoms with van der Waals surface area (Å²) < 4.78 is 0. The molecule has 2 N–H and O–H groups in total. The molecule has 0 aliphatic heterocycles. The molecule has 0 aliphatic carbocycles. The third-order valence-electron chi connectivity index (χ3n) is 3.72. The van der Waals surface area contributed by atoms with Crippen molar-refractivity contribution < 1.29 is 39.5 Å². The van der Waals surface area contributed by atoms with Gasteiger partial charge in [-0.25, -0.2) is 0 Å². The zero-order valence-electron chi connectivity index (χ0n) is 16.7. The zero-order chi connectivity index (χ0) is 17.6. The third-order valence-corrected chi connectivity index (χ3v) is 3.72. The molecule has 0 aromatic heterocycles. The number of carboxylic acids is 1. The molecule has 0 aromatic carbocycles. The van der Waals surface area contributed by atoms with Gasteiger partial charge in [-0.1, -0.05) is 76.9 Å². The molecule has 0 rings (SSSR count). The first kappa shape index (κ1) is 29.0. The number of hydrogen-bond donors (Lipinski definition) is 1. The standard InChI is InChI=1S/C18H37N.C2H4O2.Na/c1-2-3-4-5-6-7-8-9-10-11-12-13-14-15-16-17-18-19;1-2(3)4;/h9-10H,2-8,11-19H2,1H3;1H3,(H,3,4);/q;;+1/p-1/b10-9-;;. The molecule has 0 heterocycles. The van der Waals surface area contributed by atoms with E-state index in [0.29, 0.717) is 0 Å². The molecule has 0 saturated carbocycles. The molecule has 0 unspecified atom stereocenters. The Morgan fingerprint density at radius 1 is 0.792 bits per heavy atom. The number of rotatable bonds is 15. The summed E-state index contributed by atoms with van der Waals surface area (Å²) in [4.78, 5) is 8.89. The van der Waals surface area contributed by atoms with E-state index in [4.69, 9.17) is 15.6 Å². The Bertz CT molecular complexity index is 254. The molecular weight excluding hydrogens is 309 g/mol. The van der Waals surface area contributed by atoms with Crippen LogP contribution in [0.5, 0.6) is 0 Å². The van der Waals surface area contributed by atoms with Crippen molar-refractivity contribution in [1.29, 1.82) is 0 Å². The maximum atomic E-state index is 8.89. The summed E-state index contributed by atoms with van der Waals surface area (Å²) in [6, 6.07) is 0. The number of unbranched alkanes of at least 4 members (excludes halogenated alkanes) is 12. The summed E-state index contributed by atoms with van der Waals surface area (Å²) in [5.74, 6) is -1.08. The Labute approximate surface area is 173 Å². The number of carbonyl (C=O) groups excluding carboxylic acids is 1. The Morgan fingerprint density at radius 2 is 1.12 bits per heavy atom. The van der Waals surface area contributed by atoms with Crippen LogP contribution in [0.4, 0.5) is 0 Å². The van der Waals surface area contributed by atoms with Crippen LogP contribution in [0.2, 0.25) is 0 Å². The van der Waals surface area contributed by atoms with Gasteiger partial charge in [-0.15, -0.1) is 0 Å². The van der Waals surface area contributed by atoms with Gasteiger partial charge in [-0.2, -0.15) is 0 Å². The van der Waals surface area contributed by atoms with Gasteiger partial charge < -0.3 is 15.6 Å². The number of aliphatic carboxylic acids is 1. The SMILES string of the molecule is CC(=O)[O-].CCCCCCCC/C=C\CCCCCCCCN.[Na+]. The molecule has 0 fully saturated rings. The minimum Gasteiger partial charge on any atom is -0.550 e. The molecule has 0 saturated heterocycles. The molecule has 3 nitrogen and oxygen atoms in total. The fraction of sp³-hybridized carbons (Fsp3) is 0.850. The molecular formula is C20H40NNaO2. The van der Waals surface area contributed by atoms with Crippen molar-refractivity contribution in [1.82, 2.24) is 0 Å². The van der Waals surface area contributed by atoms with Gasteiger partial charge in [-0.05, 0) is 45.6 Å². The summed E-state index contributed by atoms with van der Waals surface area (Å²) in [5.41, 5.74) is 5.47. The first-order valence-electron chi connectivity index (χ1n) is 9.67. The van der Waals surface area contributed by atoms with Crippen molar-refractivity contribution in [3.8, 4) is 0 Å². The van der Waals surface area contributed by atoms with Crippen molar-refractivity contribution in [3.63, 3.8) is 0 Å². The Kier molecular flexibility index (Phi) is 33.8. The maximum absolute atomic E-state index is 8.89. The Balaban J connectivity index is -0.000000787. The van der Waals surface area contributed by atoms with E-state index in [1.54, 1.807) is 0 Å². The second-order valence-corrected chi connectivity index (χ2v) is 6.22. The number of allylic oxidation sites excluding steroid dienone is 2. The topological polar surface area (TPSA) is 66.1 Å². The van der Waals surface area contributed by atoms with Crippen LogP contribution in [0.3, 0.4) is 0 Å². The van der Waals surface area contributed by atoms with Crippen molar-refractivity contribution in [2.24, 2.45) is 5.73 Å². The van der Waals surface area contributed by atoms with Crippen molar-refractivity contribution >= 4 is 5.97 Å². The van der Waals surface area contributed by atoms with E-state index in [2.05, 4.69) is 19.1 Å². The van der Waals surface area contributed by atoms with E-state index in [0.717, 1.165) is 13.5 Å². The summed E-state index contributed by atoms with van der Waals surface area (Å²) >= 11 is 0. The molecule has 138 valence electrons. The minimum atomic E-state index is -1.08. The van der Waals surface area contributed by atoms with Crippen molar-refractivity contribution in [2.45, 2.75) is 104 Å². The first-order chi connectivity index (χ1) is 11.1. The fourth-order valence-electron chi connectivity index (χ4n) is 2.39. The second-order valence-electron chi connectivity index (χ2n) is 6.22. The van der Waals surface area contributed by atoms with E-state index in [1.807, 2.05) is 0 Å². The molecule has 0 aromatic rings. The van der Waals surface area contributed by atoms with Crippen LogP contribution >= 0.6 is 0 Å². The van der Waals surface area contributed by atoms with Crippen LogP contribution in [0.1, 0.15) is 104 Å². The first-order valence-corrected chi connectivity index (χ1v) is 9.67. The Morgan fingerprint density at radius 3 is 1.50 bits per heavy atom. The minimum absolute atomic E-state index is 0. The molecule has 0 aliphatic rings. The predicted molar refractivity (Wildman–Crippen MR) is 99.2 cm³/mol. The zero-order valence-corrected chi connectivity index (χ0v) is 18.7. The maximum Gasteiger partial charge on any atom is 1.00 e. The average molecular weight is 350 g/mol. The number of hydrogen-bond acceptors (Lipinski definition) is 3. The van der Waals surface area contributed by atoms with Gasteiger partial charge in [0.1, 0.15) is 0 Å². The van der Waals surface area contributed by atoms with E-state index in [9.17, 15) is 0 Å². The monoisotopic (exact) mass is 349 g/mol. The van der Waals surface area contributed by atoms with E-state index in [-0.39, 0.29) is 29.6 Å². The third kappa shape index (κ3) is 38.0. The summed E-state index contributed by atoms with van der Waals surface area (Å²) in [6.07, 6.45) is 23.9. The number of carboxylic acid groups (broad SMARTS) is 1. The number of carbonyl (C=O) groups is 1. The molecule has 4 heteroatoms. The summed E-state index contributed by atoms with van der Waals surface area (Å²) in [7, 11) is 0. The van der Waals surface area contributed by atoms with Gasteiger partial charge in [0, 0.05) is 5.97 Å². The van der Waals surface area contributed by atoms with Crippen LogP contribution < -0.4 is 40.4 Å². The molecule has 24 heavy (non-hydrogen) atoms. The van der Waals surface area contributed by atoms with E-state index < -0.39 is 5.97 Å². The van der Waals surface area contributed by atoms with E-state index in [1.165, 1.54) is 89.9 Å². The molecule has 0 amide bonds. The van der Waals surface area contributed by atoms with E-state index >= 15 is 0 Å². The summed E-state index contributed by atoms with van der Waals surface area (Å²) in [6.45, 7) is 4.11. The largest absolute Gasteiger partial charge is 1.00 e. The quantitative estimate of drug-likeness (QED) is 0.278. The fourth-order valence-corrected chi connectivity index (χ4v) is 2.39. The molecule has 0 radical (unpaired) electrons. The molecule has 0 atom stereocenters. The van der Waals surface area contributed by atoms with Crippen LogP contribution in [-0.2, 0) is 4.79 Å². The number of nitrogens with two attached hydrogens (primary N) is 1. The summed E-state index contributed by atoms with van der Waals surface area (Å²) in [5, 5.41) is 8.89.